The first-order valence-electron chi connectivity index (χ1n) is 10.1. The molecule has 30 heavy (non-hydrogen) atoms. The van der Waals surface area contributed by atoms with Crippen LogP contribution in [0.15, 0.2) is 35.6 Å². The number of amides is 1. The average molecular weight is 415 g/mol. The number of nitrogens with zero attached hydrogens (tertiary/aromatic N) is 5. The second-order valence-corrected chi connectivity index (χ2v) is 7.04. The fourth-order valence-corrected chi connectivity index (χ4v) is 3.36. The molecule has 0 spiro atoms. The van der Waals surface area contributed by atoms with E-state index in [-0.39, 0.29) is 5.91 Å². The molecule has 1 aliphatic rings. The minimum atomic E-state index is 0.0367. The van der Waals surface area contributed by atoms with Crippen molar-refractivity contribution < 1.29 is 9.53 Å². The lowest BCUT2D eigenvalue weighted by atomic mass is 10.1. The van der Waals surface area contributed by atoms with Crippen LogP contribution in [0.3, 0.4) is 0 Å². The lowest BCUT2D eigenvalue weighted by molar-refractivity contribution is -0.122. The van der Waals surface area contributed by atoms with Gasteiger partial charge in [0.05, 0.1) is 13.2 Å². The molecule has 1 aromatic carbocycles. The molecular weight excluding hydrogens is 384 g/mol. The summed E-state index contributed by atoms with van der Waals surface area (Å²) in [4.78, 5) is 25.0. The Labute approximate surface area is 176 Å². The maximum atomic E-state index is 12.0. The highest BCUT2D eigenvalue weighted by Crippen LogP contribution is 2.15. The smallest absolute Gasteiger partial charge is 0.234 e. The van der Waals surface area contributed by atoms with Crippen LogP contribution in [-0.4, -0.2) is 96.9 Å². The predicted molar refractivity (Wildman–Crippen MR) is 115 cm³/mol. The van der Waals surface area contributed by atoms with Crippen LogP contribution in [0.4, 0.5) is 0 Å². The van der Waals surface area contributed by atoms with Crippen molar-refractivity contribution in [3.63, 3.8) is 0 Å². The molecule has 0 bridgehead atoms. The molecule has 1 aromatic heterocycles. The number of H-pyrrole nitrogens is 1. The van der Waals surface area contributed by atoms with Gasteiger partial charge >= 0.3 is 0 Å². The molecule has 1 saturated heterocycles. The number of carbonyl (C=O) groups excluding carboxylic acids is 1. The maximum Gasteiger partial charge on any atom is 0.234 e. The fourth-order valence-electron chi connectivity index (χ4n) is 3.36. The van der Waals surface area contributed by atoms with Gasteiger partial charge in [0.2, 0.25) is 5.91 Å². The summed E-state index contributed by atoms with van der Waals surface area (Å²) < 4.78 is 4.95. The average Bonchev–Trinajstić information content (AvgIpc) is 3.31. The molecular formula is C20H30N8O2. The van der Waals surface area contributed by atoms with Crippen molar-refractivity contribution >= 4 is 11.9 Å². The molecule has 3 N–H and O–H groups in total. The molecule has 2 heterocycles. The SMILES string of the molecule is CN=C(NCc1cccc(-c2ncn[nH]2)c1)N1CCN(CC(=O)NCCOC)CC1. The summed E-state index contributed by atoms with van der Waals surface area (Å²) in [5.41, 5.74) is 2.13. The van der Waals surface area contributed by atoms with Gasteiger partial charge in [0.1, 0.15) is 6.33 Å². The lowest BCUT2D eigenvalue weighted by Crippen LogP contribution is -2.54. The summed E-state index contributed by atoms with van der Waals surface area (Å²) in [7, 11) is 3.42. The lowest BCUT2D eigenvalue weighted by Gasteiger charge is -2.36. The molecule has 10 nitrogen and oxygen atoms in total. The zero-order valence-electron chi connectivity index (χ0n) is 17.6. The molecule has 2 aromatic rings. The number of benzene rings is 1. The monoisotopic (exact) mass is 414 g/mol. The third-order valence-corrected chi connectivity index (χ3v) is 4.95. The second kappa shape index (κ2) is 11.3. The van der Waals surface area contributed by atoms with E-state index in [2.05, 4.69) is 52.7 Å². The standard InChI is InChI=1S/C20H30N8O2/c1-21-20(23-13-16-4-3-5-17(12-16)19-24-15-25-26-19)28-9-7-27(8-10-28)14-18(29)22-6-11-30-2/h3-5,12,15H,6-11,13-14H2,1-2H3,(H,21,23)(H,22,29)(H,24,25,26). The number of methoxy groups -OCH3 is 1. The molecule has 1 aliphatic heterocycles. The highest BCUT2D eigenvalue weighted by Gasteiger charge is 2.21. The van der Waals surface area contributed by atoms with Crippen molar-refractivity contribution in [2.24, 2.45) is 4.99 Å². The minimum absolute atomic E-state index is 0.0367. The van der Waals surface area contributed by atoms with E-state index in [4.69, 9.17) is 4.74 Å². The van der Waals surface area contributed by atoms with Gasteiger partial charge in [-0.2, -0.15) is 5.10 Å². The first-order valence-corrected chi connectivity index (χ1v) is 10.1. The topological polar surface area (TPSA) is 111 Å². The zero-order valence-corrected chi connectivity index (χ0v) is 17.6. The number of guanidine groups is 1. The molecule has 0 aliphatic carbocycles. The number of rotatable bonds is 8. The molecule has 1 fully saturated rings. The van der Waals surface area contributed by atoms with Crippen molar-refractivity contribution in [3.8, 4) is 11.4 Å². The molecule has 3 rings (SSSR count). The van der Waals surface area contributed by atoms with Crippen LogP contribution in [0.2, 0.25) is 0 Å². The highest BCUT2D eigenvalue weighted by molar-refractivity contribution is 5.80. The third kappa shape index (κ3) is 6.26. The fraction of sp³-hybridized carbons (Fsp3) is 0.500. The van der Waals surface area contributed by atoms with Gasteiger partial charge in [-0.05, 0) is 11.6 Å². The van der Waals surface area contributed by atoms with Crippen LogP contribution in [0.5, 0.6) is 0 Å². The maximum absolute atomic E-state index is 12.0. The summed E-state index contributed by atoms with van der Waals surface area (Å²) in [6.45, 7) is 5.44. The van der Waals surface area contributed by atoms with Crippen LogP contribution in [0, 0.1) is 0 Å². The van der Waals surface area contributed by atoms with Crippen LogP contribution in [0.1, 0.15) is 5.56 Å². The van der Waals surface area contributed by atoms with Gasteiger partial charge in [0, 0.05) is 59.0 Å². The van der Waals surface area contributed by atoms with Crippen LogP contribution < -0.4 is 10.6 Å². The molecule has 1 amide bonds. The van der Waals surface area contributed by atoms with E-state index in [0.717, 1.165) is 49.1 Å². The summed E-state index contributed by atoms with van der Waals surface area (Å²) >= 11 is 0. The van der Waals surface area contributed by atoms with Gasteiger partial charge in [-0.25, -0.2) is 4.98 Å². The van der Waals surface area contributed by atoms with Crippen molar-refractivity contribution in [3.05, 3.63) is 36.2 Å². The first-order chi connectivity index (χ1) is 14.7. The van der Waals surface area contributed by atoms with Gasteiger partial charge in [0.15, 0.2) is 11.8 Å². The Bertz CT molecular complexity index is 816. The van der Waals surface area contributed by atoms with E-state index >= 15 is 0 Å². The summed E-state index contributed by atoms with van der Waals surface area (Å²) in [6.07, 6.45) is 1.50. The summed E-state index contributed by atoms with van der Waals surface area (Å²) in [5.74, 6) is 1.66. The normalized spacial score (nSPS) is 15.3. The first kappa shape index (κ1) is 21.7. The van der Waals surface area contributed by atoms with Crippen molar-refractivity contribution in [1.82, 2.24) is 35.6 Å². The number of aliphatic imine (C=N–C) groups is 1. The van der Waals surface area contributed by atoms with E-state index < -0.39 is 0 Å². The molecule has 162 valence electrons. The Kier molecular flexibility index (Phi) is 8.16. The molecule has 0 radical (unpaired) electrons. The van der Waals surface area contributed by atoms with E-state index in [1.807, 2.05) is 12.1 Å². The van der Waals surface area contributed by atoms with Gasteiger partial charge in [-0.1, -0.05) is 18.2 Å². The zero-order chi connectivity index (χ0) is 21.2. The predicted octanol–water partition coefficient (Wildman–Crippen LogP) is -0.0727. The molecule has 10 heteroatoms. The number of hydrogen-bond acceptors (Lipinski definition) is 6. The van der Waals surface area contributed by atoms with E-state index in [0.29, 0.717) is 26.2 Å². The minimum Gasteiger partial charge on any atom is -0.383 e. The quantitative estimate of drug-likeness (QED) is 0.315. The largest absolute Gasteiger partial charge is 0.383 e. The second-order valence-electron chi connectivity index (χ2n) is 7.04. The van der Waals surface area contributed by atoms with Crippen LogP contribution in [0.25, 0.3) is 11.4 Å². The number of aromatic nitrogens is 3. The van der Waals surface area contributed by atoms with Gasteiger partial charge < -0.3 is 20.3 Å². The Balaban J connectivity index is 1.45. The van der Waals surface area contributed by atoms with E-state index in [1.54, 1.807) is 14.2 Å². The number of hydrogen-bond donors (Lipinski definition) is 3. The van der Waals surface area contributed by atoms with Crippen molar-refractivity contribution in [2.75, 3.05) is 60.0 Å². The third-order valence-electron chi connectivity index (χ3n) is 4.95. The number of aromatic amines is 1. The van der Waals surface area contributed by atoms with Crippen LogP contribution >= 0.6 is 0 Å². The van der Waals surface area contributed by atoms with Gasteiger partial charge in [-0.3, -0.25) is 19.8 Å². The van der Waals surface area contributed by atoms with Crippen molar-refractivity contribution in [1.29, 1.82) is 0 Å². The van der Waals surface area contributed by atoms with Gasteiger partial charge in [0.25, 0.3) is 0 Å². The van der Waals surface area contributed by atoms with Gasteiger partial charge in [-0.15, -0.1) is 0 Å². The highest BCUT2D eigenvalue weighted by atomic mass is 16.5. The molecule has 0 unspecified atom stereocenters. The Morgan fingerprint density at radius 2 is 2.10 bits per heavy atom. The number of piperazine rings is 1. The number of carbonyl (C=O) groups is 1. The number of ether oxygens (including phenoxy) is 1. The van der Waals surface area contributed by atoms with E-state index in [9.17, 15) is 4.79 Å². The Morgan fingerprint density at radius 1 is 1.27 bits per heavy atom. The Hall–Kier alpha value is -2.98. The summed E-state index contributed by atoms with van der Waals surface area (Å²) in [5, 5.41) is 13.1. The summed E-state index contributed by atoms with van der Waals surface area (Å²) in [6, 6.07) is 8.17. The number of nitrogens with one attached hydrogen (secondary N) is 3. The van der Waals surface area contributed by atoms with E-state index in [1.165, 1.54) is 6.33 Å². The molecule has 0 saturated carbocycles. The van der Waals surface area contributed by atoms with Crippen molar-refractivity contribution in [2.45, 2.75) is 6.54 Å². The van der Waals surface area contributed by atoms with Crippen LogP contribution in [-0.2, 0) is 16.1 Å². The molecule has 0 atom stereocenters. The Morgan fingerprint density at radius 3 is 2.80 bits per heavy atom.